The van der Waals surface area contributed by atoms with Crippen LogP contribution in [0.2, 0.25) is 0 Å². The fourth-order valence-electron chi connectivity index (χ4n) is 0.992. The molecule has 1 aromatic carbocycles. The minimum absolute atomic E-state index is 0.146. The van der Waals surface area contributed by atoms with Crippen LogP contribution in [0.15, 0.2) is 30.3 Å². The van der Waals surface area contributed by atoms with Crippen LogP contribution in [0, 0.1) is 0 Å². The topological polar surface area (TPSA) is 43.4 Å². The van der Waals surface area contributed by atoms with Crippen molar-refractivity contribution in [3.63, 3.8) is 0 Å². The van der Waals surface area contributed by atoms with Gasteiger partial charge in [-0.2, -0.15) is 0 Å². The third-order valence-corrected chi connectivity index (χ3v) is 1.64. The maximum atomic E-state index is 11.0. The molecule has 74 valence electrons. The van der Waals surface area contributed by atoms with Crippen LogP contribution in [0.4, 0.5) is 0 Å². The molecule has 0 unspecified atom stereocenters. The fraction of sp³-hybridized carbons (Fsp3) is 0.273. The first-order valence-electron chi connectivity index (χ1n) is 4.37. The highest BCUT2D eigenvalue weighted by Crippen LogP contribution is 2.01. The van der Waals surface area contributed by atoms with Gasteiger partial charge in [-0.15, -0.1) is 0 Å². The zero-order valence-electron chi connectivity index (χ0n) is 8.03. The second-order valence-corrected chi connectivity index (χ2v) is 3.03. The lowest BCUT2D eigenvalue weighted by molar-refractivity contribution is -0.146. The van der Waals surface area contributed by atoms with Crippen molar-refractivity contribution >= 4 is 11.8 Å². The SMILES string of the molecule is C[13C](=O)CC(=O)OCc1ccccc1. The number of esters is 1. The van der Waals surface area contributed by atoms with Gasteiger partial charge in [0, 0.05) is 0 Å². The van der Waals surface area contributed by atoms with Crippen molar-refractivity contribution in [2.75, 3.05) is 0 Å². The Morgan fingerprint density at radius 1 is 1.21 bits per heavy atom. The molecule has 0 atom stereocenters. The third kappa shape index (κ3) is 3.85. The van der Waals surface area contributed by atoms with Gasteiger partial charge in [0.25, 0.3) is 0 Å². The minimum atomic E-state index is -0.471. The number of ether oxygens (including phenoxy) is 1. The van der Waals surface area contributed by atoms with Crippen LogP contribution in [-0.4, -0.2) is 11.8 Å². The molecule has 0 aliphatic heterocycles. The molecule has 0 fully saturated rings. The molecule has 1 aromatic rings. The summed E-state index contributed by atoms with van der Waals surface area (Å²) in [5.74, 6) is -0.649. The first-order chi connectivity index (χ1) is 6.68. The lowest BCUT2D eigenvalue weighted by atomic mass is 10.2. The molecule has 0 amide bonds. The average molecular weight is 193 g/mol. The summed E-state index contributed by atoms with van der Waals surface area (Å²) < 4.78 is 4.88. The van der Waals surface area contributed by atoms with E-state index in [2.05, 4.69) is 0 Å². The van der Waals surface area contributed by atoms with E-state index in [0.29, 0.717) is 0 Å². The Kier molecular flexibility index (Phi) is 3.85. The number of hydrogen-bond donors (Lipinski definition) is 0. The largest absolute Gasteiger partial charge is 0.460 e. The summed E-state index contributed by atoms with van der Waals surface area (Å²) in [7, 11) is 0. The molecule has 3 nitrogen and oxygen atoms in total. The fourth-order valence-corrected chi connectivity index (χ4v) is 0.992. The van der Waals surface area contributed by atoms with Gasteiger partial charge < -0.3 is 4.74 Å². The van der Waals surface area contributed by atoms with Crippen molar-refractivity contribution in [2.24, 2.45) is 0 Å². The van der Waals surface area contributed by atoms with E-state index in [1.807, 2.05) is 30.3 Å². The zero-order chi connectivity index (χ0) is 10.4. The molecule has 0 N–H and O–H groups in total. The van der Waals surface area contributed by atoms with Gasteiger partial charge in [-0.1, -0.05) is 30.3 Å². The van der Waals surface area contributed by atoms with Gasteiger partial charge in [0.15, 0.2) is 0 Å². The number of ketones is 1. The summed E-state index contributed by atoms with van der Waals surface area (Å²) in [5, 5.41) is 0. The summed E-state index contributed by atoms with van der Waals surface area (Å²) in [5.41, 5.74) is 0.921. The number of carbonyl (C=O) groups excluding carboxylic acids is 2. The highest BCUT2D eigenvalue weighted by molar-refractivity contribution is 5.94. The molecule has 0 aliphatic rings. The first kappa shape index (κ1) is 10.4. The maximum absolute atomic E-state index is 11.0. The van der Waals surface area contributed by atoms with E-state index < -0.39 is 5.97 Å². The van der Waals surface area contributed by atoms with E-state index in [4.69, 9.17) is 4.74 Å². The number of Topliss-reactive ketones (excluding diaryl/α,β-unsaturated/α-hetero) is 1. The highest BCUT2D eigenvalue weighted by Gasteiger charge is 2.05. The van der Waals surface area contributed by atoms with Gasteiger partial charge >= 0.3 is 5.97 Å². The highest BCUT2D eigenvalue weighted by atomic mass is 16.5. The Balaban J connectivity index is 2.34. The summed E-state index contributed by atoms with van der Waals surface area (Å²) in [6.07, 6.45) is -0.146. The summed E-state index contributed by atoms with van der Waals surface area (Å²) in [6.45, 7) is 1.59. The molecule has 0 aromatic heterocycles. The number of hydrogen-bond acceptors (Lipinski definition) is 3. The van der Waals surface area contributed by atoms with Crippen LogP contribution in [0.5, 0.6) is 0 Å². The normalized spacial score (nSPS) is 9.50. The number of benzene rings is 1. The van der Waals surface area contributed by atoms with E-state index in [1.165, 1.54) is 6.92 Å². The Hall–Kier alpha value is -1.64. The molecule has 0 heterocycles. The van der Waals surface area contributed by atoms with Gasteiger partial charge in [-0.05, 0) is 12.5 Å². The molecule has 0 aliphatic carbocycles. The van der Waals surface area contributed by atoms with Crippen LogP contribution in [0.3, 0.4) is 0 Å². The second kappa shape index (κ2) is 5.17. The van der Waals surface area contributed by atoms with E-state index in [1.54, 1.807) is 0 Å². The molecule has 1 rings (SSSR count). The molecule has 14 heavy (non-hydrogen) atoms. The third-order valence-electron chi connectivity index (χ3n) is 1.64. The molecule has 3 heteroatoms. The predicted molar refractivity (Wildman–Crippen MR) is 51.5 cm³/mol. The van der Waals surface area contributed by atoms with E-state index in [9.17, 15) is 9.59 Å². The van der Waals surface area contributed by atoms with Gasteiger partial charge in [0.2, 0.25) is 0 Å². The van der Waals surface area contributed by atoms with Gasteiger partial charge in [0.1, 0.15) is 18.8 Å². The Morgan fingerprint density at radius 3 is 2.43 bits per heavy atom. The summed E-state index contributed by atoms with van der Waals surface area (Å²) in [4.78, 5) is 21.5. The molecule has 0 radical (unpaired) electrons. The zero-order valence-corrected chi connectivity index (χ0v) is 8.03. The summed E-state index contributed by atoms with van der Waals surface area (Å²) >= 11 is 0. The number of carbonyl (C=O) groups is 2. The van der Waals surface area contributed by atoms with Crippen LogP contribution >= 0.6 is 0 Å². The molecule has 0 spiro atoms. The monoisotopic (exact) mass is 193 g/mol. The lowest BCUT2D eigenvalue weighted by Gasteiger charge is -2.02. The maximum Gasteiger partial charge on any atom is 0.313 e. The van der Waals surface area contributed by atoms with Crippen LogP contribution < -0.4 is 0 Å². The molecule has 0 saturated carbocycles. The molecule has 0 bridgehead atoms. The first-order valence-corrected chi connectivity index (χ1v) is 4.37. The van der Waals surface area contributed by atoms with Gasteiger partial charge in [0.05, 0.1) is 0 Å². The smallest absolute Gasteiger partial charge is 0.313 e. The van der Waals surface area contributed by atoms with Crippen LogP contribution in [0.25, 0.3) is 0 Å². The van der Waals surface area contributed by atoms with Crippen molar-refractivity contribution in [3.05, 3.63) is 35.9 Å². The molecular weight excluding hydrogens is 181 g/mol. The quantitative estimate of drug-likeness (QED) is 0.415. The second-order valence-electron chi connectivity index (χ2n) is 3.03. The van der Waals surface area contributed by atoms with Crippen molar-refractivity contribution in [1.29, 1.82) is 0 Å². The predicted octanol–water partition coefficient (Wildman–Crippen LogP) is 1.71. The van der Waals surface area contributed by atoms with Crippen LogP contribution in [0.1, 0.15) is 18.9 Å². The Bertz CT molecular complexity index is 317. The van der Waals surface area contributed by atoms with E-state index in [0.717, 1.165) is 5.56 Å². The van der Waals surface area contributed by atoms with Gasteiger partial charge in [-0.25, -0.2) is 0 Å². The lowest BCUT2D eigenvalue weighted by Crippen LogP contribution is -2.08. The Labute approximate surface area is 82.7 Å². The minimum Gasteiger partial charge on any atom is -0.460 e. The van der Waals surface area contributed by atoms with Crippen molar-refractivity contribution in [1.82, 2.24) is 0 Å². The van der Waals surface area contributed by atoms with Crippen molar-refractivity contribution in [2.45, 2.75) is 20.0 Å². The van der Waals surface area contributed by atoms with Crippen molar-refractivity contribution in [3.8, 4) is 0 Å². The summed E-state index contributed by atoms with van der Waals surface area (Å²) in [6, 6.07) is 9.35. The van der Waals surface area contributed by atoms with Gasteiger partial charge in [-0.3, -0.25) is 9.59 Å². The van der Waals surface area contributed by atoms with Crippen molar-refractivity contribution < 1.29 is 14.3 Å². The number of rotatable bonds is 4. The van der Waals surface area contributed by atoms with E-state index >= 15 is 0 Å². The average Bonchev–Trinajstić information content (AvgIpc) is 2.15. The Morgan fingerprint density at radius 2 is 1.86 bits per heavy atom. The molecular formula is C11H12O3. The van der Waals surface area contributed by atoms with Crippen LogP contribution in [-0.2, 0) is 20.9 Å². The standard InChI is InChI=1S/C11H12O3/c1-9(12)7-11(13)14-8-10-5-3-2-4-6-10/h2-6H,7-8H2,1H3/i9+1. The van der Waals surface area contributed by atoms with E-state index in [-0.39, 0.29) is 18.8 Å². The molecule has 0 saturated heterocycles.